The summed E-state index contributed by atoms with van der Waals surface area (Å²) >= 11 is 3.39. The first-order valence-corrected chi connectivity index (χ1v) is 8.75. The Labute approximate surface area is 154 Å². The molecule has 0 atom stereocenters. The SMILES string of the molecule is CC(C)N1CC(C(=O)c2cc(Cc3ccc(Br)cc3)co2)=C(O)C1=O. The van der Waals surface area contributed by atoms with E-state index in [0.717, 1.165) is 15.6 Å². The molecule has 0 saturated carbocycles. The van der Waals surface area contributed by atoms with Crippen LogP contribution in [0, 0.1) is 0 Å². The minimum atomic E-state index is -0.514. The fraction of sp³-hybridized carbons (Fsp3) is 0.263. The largest absolute Gasteiger partial charge is 0.503 e. The lowest BCUT2D eigenvalue weighted by Gasteiger charge is -2.20. The van der Waals surface area contributed by atoms with Gasteiger partial charge in [-0.05, 0) is 43.2 Å². The maximum absolute atomic E-state index is 12.6. The number of amides is 1. The van der Waals surface area contributed by atoms with Gasteiger partial charge < -0.3 is 14.4 Å². The van der Waals surface area contributed by atoms with E-state index < -0.39 is 17.4 Å². The van der Waals surface area contributed by atoms with E-state index in [0.29, 0.717) is 6.42 Å². The van der Waals surface area contributed by atoms with Crippen LogP contribution in [0.3, 0.4) is 0 Å². The highest BCUT2D eigenvalue weighted by atomic mass is 79.9. The summed E-state index contributed by atoms with van der Waals surface area (Å²) in [6.45, 7) is 3.77. The number of aliphatic hydroxyl groups is 1. The summed E-state index contributed by atoms with van der Waals surface area (Å²) in [6.07, 6.45) is 2.16. The van der Waals surface area contributed by atoms with E-state index in [-0.39, 0.29) is 23.9 Å². The van der Waals surface area contributed by atoms with Gasteiger partial charge in [0.15, 0.2) is 11.5 Å². The molecule has 2 heterocycles. The predicted molar refractivity (Wildman–Crippen MR) is 96.5 cm³/mol. The van der Waals surface area contributed by atoms with Gasteiger partial charge in [-0.3, -0.25) is 9.59 Å². The van der Waals surface area contributed by atoms with E-state index in [2.05, 4.69) is 15.9 Å². The van der Waals surface area contributed by atoms with Gasteiger partial charge in [0.25, 0.3) is 5.91 Å². The second-order valence-electron chi connectivity index (χ2n) is 6.31. The van der Waals surface area contributed by atoms with Gasteiger partial charge in [0.2, 0.25) is 5.78 Å². The smallest absolute Gasteiger partial charge is 0.289 e. The summed E-state index contributed by atoms with van der Waals surface area (Å²) < 4.78 is 6.38. The molecule has 130 valence electrons. The summed E-state index contributed by atoms with van der Waals surface area (Å²) in [5.74, 6) is -1.31. The van der Waals surface area contributed by atoms with Crippen LogP contribution in [-0.2, 0) is 11.2 Å². The molecule has 0 saturated heterocycles. The number of hydrogen-bond donors (Lipinski definition) is 1. The molecule has 3 rings (SSSR count). The molecule has 0 bridgehead atoms. The van der Waals surface area contributed by atoms with Crippen molar-refractivity contribution in [3.63, 3.8) is 0 Å². The van der Waals surface area contributed by atoms with Crippen molar-refractivity contribution < 1.29 is 19.1 Å². The molecule has 0 spiro atoms. The average molecular weight is 404 g/mol. The molecule has 0 fully saturated rings. The minimum Gasteiger partial charge on any atom is -0.503 e. The molecule has 1 aromatic carbocycles. The maximum atomic E-state index is 12.6. The zero-order chi connectivity index (χ0) is 18.1. The molecule has 1 aliphatic rings. The summed E-state index contributed by atoms with van der Waals surface area (Å²) in [6, 6.07) is 9.45. The van der Waals surface area contributed by atoms with Crippen LogP contribution in [0.2, 0.25) is 0 Å². The van der Waals surface area contributed by atoms with E-state index in [1.165, 1.54) is 11.2 Å². The predicted octanol–water partition coefficient (Wildman–Crippen LogP) is 3.88. The summed E-state index contributed by atoms with van der Waals surface area (Å²) in [7, 11) is 0. The number of Topliss-reactive ketones (excluding diaryl/α,β-unsaturated/α-hetero) is 1. The lowest BCUT2D eigenvalue weighted by Crippen LogP contribution is -2.34. The Kier molecular flexibility index (Phi) is 4.81. The van der Waals surface area contributed by atoms with E-state index in [1.807, 2.05) is 38.1 Å². The Bertz CT molecular complexity index is 849. The Morgan fingerprint density at radius 1 is 1.28 bits per heavy atom. The van der Waals surface area contributed by atoms with Crippen LogP contribution >= 0.6 is 15.9 Å². The van der Waals surface area contributed by atoms with Gasteiger partial charge in [-0.15, -0.1) is 0 Å². The van der Waals surface area contributed by atoms with Gasteiger partial charge in [-0.1, -0.05) is 28.1 Å². The van der Waals surface area contributed by atoms with Gasteiger partial charge >= 0.3 is 0 Å². The molecule has 0 radical (unpaired) electrons. The van der Waals surface area contributed by atoms with Crippen LogP contribution in [0.5, 0.6) is 0 Å². The molecular weight excluding hydrogens is 386 g/mol. The molecule has 6 heteroatoms. The third-order valence-corrected chi connectivity index (χ3v) is 4.70. The van der Waals surface area contributed by atoms with Gasteiger partial charge in [0.05, 0.1) is 18.4 Å². The quantitative estimate of drug-likeness (QED) is 0.768. The Morgan fingerprint density at radius 3 is 2.56 bits per heavy atom. The van der Waals surface area contributed by atoms with Crippen molar-refractivity contribution in [3.8, 4) is 0 Å². The van der Waals surface area contributed by atoms with E-state index >= 15 is 0 Å². The first-order chi connectivity index (χ1) is 11.9. The highest BCUT2D eigenvalue weighted by Crippen LogP contribution is 2.24. The zero-order valence-electron chi connectivity index (χ0n) is 14.0. The fourth-order valence-electron chi connectivity index (χ4n) is 2.75. The van der Waals surface area contributed by atoms with Crippen LogP contribution in [0.1, 0.15) is 35.5 Å². The fourth-order valence-corrected chi connectivity index (χ4v) is 3.02. The first-order valence-electron chi connectivity index (χ1n) is 7.96. The maximum Gasteiger partial charge on any atom is 0.289 e. The van der Waals surface area contributed by atoms with Crippen LogP contribution in [0.4, 0.5) is 0 Å². The Balaban J connectivity index is 1.77. The molecular formula is C19H18BrNO4. The highest BCUT2D eigenvalue weighted by molar-refractivity contribution is 9.10. The normalized spacial score (nSPS) is 14.7. The van der Waals surface area contributed by atoms with Crippen LogP contribution in [-0.4, -0.2) is 34.3 Å². The molecule has 25 heavy (non-hydrogen) atoms. The number of carbonyl (C=O) groups excluding carboxylic acids is 2. The topological polar surface area (TPSA) is 70.8 Å². The van der Waals surface area contributed by atoms with E-state index in [1.54, 1.807) is 6.07 Å². The third kappa shape index (κ3) is 3.54. The average Bonchev–Trinajstić information content (AvgIpc) is 3.15. The number of rotatable bonds is 5. The standard InChI is InChI=1S/C19H18BrNO4/c1-11(2)21-9-15(18(23)19(21)24)17(22)16-8-13(10-25-16)7-12-3-5-14(20)6-4-12/h3-6,8,10-11,23H,7,9H2,1-2H3. The van der Waals surface area contributed by atoms with Gasteiger partial charge in [-0.2, -0.15) is 0 Å². The number of ketones is 1. The van der Waals surface area contributed by atoms with E-state index in [4.69, 9.17) is 4.42 Å². The van der Waals surface area contributed by atoms with Gasteiger partial charge in [0.1, 0.15) is 0 Å². The minimum absolute atomic E-state index is 0.0863. The number of carbonyl (C=O) groups is 2. The van der Waals surface area contributed by atoms with Crippen molar-refractivity contribution in [2.24, 2.45) is 0 Å². The zero-order valence-corrected chi connectivity index (χ0v) is 15.5. The number of halogens is 1. The van der Waals surface area contributed by atoms with Crippen LogP contribution in [0.15, 0.2) is 56.8 Å². The second kappa shape index (κ2) is 6.88. The molecule has 1 aliphatic heterocycles. The molecule has 1 N–H and O–H groups in total. The molecule has 0 unspecified atom stereocenters. The van der Waals surface area contributed by atoms with Crippen LogP contribution < -0.4 is 0 Å². The highest BCUT2D eigenvalue weighted by Gasteiger charge is 2.36. The molecule has 0 aliphatic carbocycles. The number of nitrogens with zero attached hydrogens (tertiary/aromatic N) is 1. The lowest BCUT2D eigenvalue weighted by molar-refractivity contribution is -0.129. The number of benzene rings is 1. The van der Waals surface area contributed by atoms with Gasteiger partial charge in [-0.25, -0.2) is 0 Å². The van der Waals surface area contributed by atoms with Crippen molar-refractivity contribution >= 4 is 27.6 Å². The van der Waals surface area contributed by atoms with Crippen molar-refractivity contribution in [1.82, 2.24) is 4.90 Å². The summed E-state index contributed by atoms with van der Waals surface area (Å²) in [5, 5.41) is 10.00. The Hall–Kier alpha value is -2.34. The van der Waals surface area contributed by atoms with Crippen molar-refractivity contribution in [3.05, 3.63) is 69.3 Å². The molecule has 1 aromatic heterocycles. The van der Waals surface area contributed by atoms with Crippen molar-refractivity contribution in [2.45, 2.75) is 26.3 Å². The number of aliphatic hydroxyl groups excluding tert-OH is 1. The summed E-state index contributed by atoms with van der Waals surface area (Å²) in [4.78, 5) is 26.0. The first kappa shape index (κ1) is 17.5. The Morgan fingerprint density at radius 2 is 1.96 bits per heavy atom. The van der Waals surface area contributed by atoms with Crippen molar-refractivity contribution in [2.75, 3.05) is 6.54 Å². The summed E-state index contributed by atoms with van der Waals surface area (Å²) in [5.41, 5.74) is 2.03. The van der Waals surface area contributed by atoms with E-state index in [9.17, 15) is 14.7 Å². The number of furan rings is 1. The van der Waals surface area contributed by atoms with Crippen LogP contribution in [0.25, 0.3) is 0 Å². The van der Waals surface area contributed by atoms with Gasteiger partial charge in [0, 0.05) is 16.9 Å². The number of hydrogen-bond acceptors (Lipinski definition) is 4. The molecule has 1 amide bonds. The van der Waals surface area contributed by atoms with Crippen molar-refractivity contribution in [1.29, 1.82) is 0 Å². The molecule has 2 aromatic rings. The lowest BCUT2D eigenvalue weighted by atomic mass is 10.1. The monoisotopic (exact) mass is 403 g/mol. The molecule has 5 nitrogen and oxygen atoms in total. The second-order valence-corrected chi connectivity index (χ2v) is 7.22. The third-order valence-electron chi connectivity index (χ3n) is 4.17.